The van der Waals surface area contributed by atoms with Crippen LogP contribution in [0.2, 0.25) is 0 Å². The zero-order valence-corrected chi connectivity index (χ0v) is 9.51. The Morgan fingerprint density at radius 2 is 2.00 bits per heavy atom. The lowest BCUT2D eigenvalue weighted by atomic mass is 9.92. The van der Waals surface area contributed by atoms with Gasteiger partial charge < -0.3 is 8.83 Å². The van der Waals surface area contributed by atoms with Gasteiger partial charge in [0, 0.05) is 5.41 Å². The molecule has 86 valence electrons. The number of rotatable bonds is 3. The van der Waals surface area contributed by atoms with Crippen molar-refractivity contribution in [3.8, 4) is 0 Å². The van der Waals surface area contributed by atoms with Crippen molar-refractivity contribution in [2.45, 2.75) is 32.7 Å². The first-order chi connectivity index (χ1) is 6.80. The predicted molar refractivity (Wildman–Crippen MR) is 53.6 cm³/mol. The van der Waals surface area contributed by atoms with Gasteiger partial charge in [-0.25, -0.2) is 13.7 Å². The van der Waals surface area contributed by atoms with E-state index in [4.69, 9.17) is 13.4 Å². The van der Waals surface area contributed by atoms with Crippen molar-refractivity contribution in [2.75, 3.05) is 0 Å². The third-order valence-electron chi connectivity index (χ3n) is 1.68. The molecule has 6 nitrogen and oxygen atoms in total. The Bertz CT molecular complexity index is 413. The van der Waals surface area contributed by atoms with Crippen LogP contribution in [-0.4, -0.2) is 8.76 Å². The fraction of sp³-hybridized carbons (Fsp3) is 0.625. The third kappa shape index (κ3) is 3.29. The molecule has 2 N–H and O–H groups in total. The second kappa shape index (κ2) is 4.30. The van der Waals surface area contributed by atoms with Gasteiger partial charge in [-0.3, -0.25) is 4.55 Å². The molecule has 0 aliphatic rings. The van der Waals surface area contributed by atoms with E-state index in [1.807, 2.05) is 20.8 Å². The lowest BCUT2D eigenvalue weighted by Crippen LogP contribution is -2.19. The van der Waals surface area contributed by atoms with Crippen molar-refractivity contribution in [1.29, 1.82) is 0 Å². The minimum Gasteiger partial charge on any atom is -0.395 e. The molecule has 0 aliphatic carbocycles. The molecule has 1 unspecified atom stereocenters. The molecule has 1 aromatic rings. The lowest BCUT2D eigenvalue weighted by Gasteiger charge is -2.14. The van der Waals surface area contributed by atoms with Gasteiger partial charge >= 0.3 is 5.82 Å². The largest absolute Gasteiger partial charge is 0.519 e. The Balaban J connectivity index is 2.97. The van der Waals surface area contributed by atoms with Gasteiger partial charge in [0.1, 0.15) is 0 Å². The highest BCUT2D eigenvalue weighted by atomic mass is 32.2. The van der Waals surface area contributed by atoms with Crippen molar-refractivity contribution in [1.82, 2.24) is 4.72 Å². The Hall–Kier alpha value is -0.920. The maximum atomic E-state index is 10.9. The zero-order chi connectivity index (χ0) is 11.6. The maximum absolute atomic E-state index is 10.9. The van der Waals surface area contributed by atoms with E-state index in [0.717, 1.165) is 0 Å². The molecule has 0 aromatic carbocycles. The van der Waals surface area contributed by atoms with E-state index < -0.39 is 17.1 Å². The summed E-state index contributed by atoms with van der Waals surface area (Å²) in [5.74, 6) is -0.180. The molecule has 7 heteroatoms. The molecule has 0 fully saturated rings. The monoisotopic (exact) mass is 235 g/mol. The quantitative estimate of drug-likeness (QED) is 0.754. The molecule has 0 saturated heterocycles. The van der Waals surface area contributed by atoms with Gasteiger partial charge in [-0.05, 0) is 0 Å². The van der Waals surface area contributed by atoms with Crippen molar-refractivity contribution in [3.05, 3.63) is 22.1 Å². The van der Waals surface area contributed by atoms with E-state index in [9.17, 15) is 9.00 Å². The van der Waals surface area contributed by atoms with Crippen LogP contribution in [0.3, 0.4) is 0 Å². The first kappa shape index (κ1) is 12.2. The van der Waals surface area contributed by atoms with Gasteiger partial charge in [0.05, 0.1) is 6.54 Å². The van der Waals surface area contributed by atoms with Gasteiger partial charge in [0.15, 0.2) is 11.5 Å². The molecule has 1 atom stereocenters. The van der Waals surface area contributed by atoms with E-state index in [-0.39, 0.29) is 17.7 Å². The van der Waals surface area contributed by atoms with Crippen molar-refractivity contribution in [3.63, 3.8) is 0 Å². The standard InChI is InChI=1S/C8H13NO5S/c1-8(2,3)6-5(4-9-15(11)12)13-7(10)14-6/h9H,4H2,1-3H3,(H,11,12). The Morgan fingerprint density at radius 3 is 2.47 bits per heavy atom. The number of nitrogens with one attached hydrogen (secondary N) is 1. The average molecular weight is 235 g/mol. The van der Waals surface area contributed by atoms with Crippen LogP contribution in [0.15, 0.2) is 13.6 Å². The first-order valence-electron chi connectivity index (χ1n) is 4.28. The first-order valence-corrected chi connectivity index (χ1v) is 5.39. The molecule has 1 heterocycles. The van der Waals surface area contributed by atoms with Crippen LogP contribution in [0, 0.1) is 0 Å². The summed E-state index contributed by atoms with van der Waals surface area (Å²) in [5.41, 5.74) is -0.389. The van der Waals surface area contributed by atoms with Crippen molar-refractivity contribution >= 4 is 11.3 Å². The molecule has 15 heavy (non-hydrogen) atoms. The minimum atomic E-state index is -2.15. The van der Waals surface area contributed by atoms with Gasteiger partial charge in [-0.1, -0.05) is 20.8 Å². The molecular formula is C8H13NO5S. The summed E-state index contributed by atoms with van der Waals surface area (Å²) in [4.78, 5) is 10.9. The van der Waals surface area contributed by atoms with Crippen molar-refractivity contribution < 1.29 is 17.6 Å². The number of hydrogen-bond donors (Lipinski definition) is 2. The SMILES string of the molecule is CC(C)(C)c1oc(=O)oc1CNS(=O)O. The van der Waals surface area contributed by atoms with Crippen LogP contribution in [0.4, 0.5) is 0 Å². The number of hydrogen-bond acceptors (Lipinski definition) is 4. The molecular weight excluding hydrogens is 222 g/mol. The van der Waals surface area contributed by atoms with Crippen LogP contribution in [0.1, 0.15) is 32.3 Å². The van der Waals surface area contributed by atoms with Gasteiger partial charge in [0.2, 0.25) is 11.3 Å². The van der Waals surface area contributed by atoms with Crippen LogP contribution in [0.25, 0.3) is 0 Å². The summed E-state index contributed by atoms with van der Waals surface area (Å²) in [6.45, 7) is 5.52. The van der Waals surface area contributed by atoms with E-state index in [1.165, 1.54) is 0 Å². The van der Waals surface area contributed by atoms with Gasteiger partial charge in [-0.2, -0.15) is 0 Å². The van der Waals surface area contributed by atoms with Crippen LogP contribution >= 0.6 is 0 Å². The smallest absolute Gasteiger partial charge is 0.395 e. The minimum absolute atomic E-state index is 0.0263. The van der Waals surface area contributed by atoms with E-state index in [1.54, 1.807) is 0 Å². The summed E-state index contributed by atoms with van der Waals surface area (Å²) in [6, 6.07) is 0. The molecule has 0 aliphatic heterocycles. The molecule has 0 bridgehead atoms. The summed E-state index contributed by atoms with van der Waals surface area (Å²) < 4.78 is 30.8. The maximum Gasteiger partial charge on any atom is 0.519 e. The van der Waals surface area contributed by atoms with Crippen LogP contribution in [-0.2, 0) is 23.2 Å². The highest BCUT2D eigenvalue weighted by Gasteiger charge is 2.25. The molecule has 0 amide bonds. The van der Waals surface area contributed by atoms with E-state index >= 15 is 0 Å². The highest BCUT2D eigenvalue weighted by Crippen LogP contribution is 2.24. The van der Waals surface area contributed by atoms with Crippen LogP contribution < -0.4 is 10.5 Å². The Kier molecular flexibility index (Phi) is 3.48. The van der Waals surface area contributed by atoms with E-state index in [0.29, 0.717) is 5.76 Å². The summed E-state index contributed by atoms with van der Waals surface area (Å²) in [7, 11) is 0. The van der Waals surface area contributed by atoms with Crippen molar-refractivity contribution in [2.24, 2.45) is 0 Å². The highest BCUT2D eigenvalue weighted by molar-refractivity contribution is 7.77. The second-order valence-corrected chi connectivity index (χ2v) is 4.81. The summed E-state index contributed by atoms with van der Waals surface area (Å²) >= 11 is -2.15. The lowest BCUT2D eigenvalue weighted by molar-refractivity contribution is 0.343. The summed E-state index contributed by atoms with van der Waals surface area (Å²) in [6.07, 6.45) is 0. The topological polar surface area (TPSA) is 92.7 Å². The predicted octanol–water partition coefficient (Wildman–Crippen LogP) is 0.757. The molecule has 1 aromatic heterocycles. The fourth-order valence-electron chi connectivity index (χ4n) is 1.12. The van der Waals surface area contributed by atoms with E-state index in [2.05, 4.69) is 4.72 Å². The molecule has 0 spiro atoms. The average Bonchev–Trinajstić information content (AvgIpc) is 2.42. The zero-order valence-electron chi connectivity index (χ0n) is 8.70. The van der Waals surface area contributed by atoms with Gasteiger partial charge in [-0.15, -0.1) is 0 Å². The molecule has 0 saturated carbocycles. The molecule has 1 rings (SSSR count). The second-order valence-electron chi connectivity index (χ2n) is 4.03. The fourth-order valence-corrected chi connectivity index (χ4v) is 1.38. The molecule has 0 radical (unpaired) electrons. The Labute approximate surface area is 89.1 Å². The van der Waals surface area contributed by atoms with Crippen LogP contribution in [0.5, 0.6) is 0 Å². The summed E-state index contributed by atoms with van der Waals surface area (Å²) in [5, 5.41) is 0. The third-order valence-corrected chi connectivity index (χ3v) is 2.07. The Morgan fingerprint density at radius 1 is 1.40 bits per heavy atom. The van der Waals surface area contributed by atoms with Gasteiger partial charge in [0.25, 0.3) is 0 Å². The normalized spacial score (nSPS) is 14.1.